The van der Waals surface area contributed by atoms with E-state index in [1.54, 1.807) is 29.2 Å². The minimum atomic E-state index is -0.345. The number of thiazole rings is 1. The molecule has 0 aliphatic carbocycles. The molecule has 0 bridgehead atoms. The number of aromatic nitrogens is 4. The number of nitrogens with zero attached hydrogens (tertiary/aromatic N) is 4. The lowest BCUT2D eigenvalue weighted by Crippen LogP contribution is -2.13. The summed E-state index contributed by atoms with van der Waals surface area (Å²) in [5.74, 6) is -0.641. The lowest BCUT2D eigenvalue weighted by Gasteiger charge is -2.08. The molecule has 4 aromatic rings. The first-order valence-electron chi connectivity index (χ1n) is 9.33. The molecule has 30 heavy (non-hydrogen) atoms. The number of benzene rings is 1. The molecule has 3 aromatic heterocycles. The van der Waals surface area contributed by atoms with Crippen LogP contribution in [0.25, 0.3) is 22.2 Å². The second-order valence-electron chi connectivity index (χ2n) is 6.55. The van der Waals surface area contributed by atoms with Crippen molar-refractivity contribution in [1.82, 2.24) is 19.7 Å². The summed E-state index contributed by atoms with van der Waals surface area (Å²) >= 11 is 1.26. The Labute approximate surface area is 176 Å². The topological polar surface area (TPSA) is 99.0 Å². The Morgan fingerprint density at radius 3 is 2.83 bits per heavy atom. The molecule has 0 unspecified atom stereocenters. The van der Waals surface area contributed by atoms with Crippen molar-refractivity contribution in [1.29, 1.82) is 0 Å². The van der Waals surface area contributed by atoms with Gasteiger partial charge in [-0.05, 0) is 19.1 Å². The molecule has 0 atom stereocenters. The van der Waals surface area contributed by atoms with Gasteiger partial charge in [0, 0.05) is 29.6 Å². The zero-order valence-electron chi connectivity index (χ0n) is 16.5. The molecule has 8 nitrogen and oxygen atoms in total. The average molecular weight is 421 g/mol. The standard InChI is InChI=1S/C21H19N5O3S/c1-3-29-19(27)8-14-12-30-21(23-14)25-20(28)16-9-18(13-10-22-26(2)11-13)24-17-7-5-4-6-15(16)17/h4-7,9-12H,3,8H2,1-2H3,(H,23,25,28). The first-order chi connectivity index (χ1) is 14.5. The molecule has 0 fully saturated rings. The molecule has 0 aliphatic heterocycles. The van der Waals surface area contributed by atoms with E-state index < -0.39 is 0 Å². The van der Waals surface area contributed by atoms with Crippen LogP contribution in [0.5, 0.6) is 0 Å². The summed E-state index contributed by atoms with van der Waals surface area (Å²) < 4.78 is 6.62. The number of carbonyl (C=O) groups is 2. The van der Waals surface area contributed by atoms with E-state index in [-0.39, 0.29) is 18.3 Å². The highest BCUT2D eigenvalue weighted by molar-refractivity contribution is 7.14. The van der Waals surface area contributed by atoms with Gasteiger partial charge in [0.05, 0.1) is 41.7 Å². The highest BCUT2D eigenvalue weighted by Gasteiger charge is 2.17. The molecule has 1 amide bonds. The fraction of sp³-hybridized carbons (Fsp3) is 0.190. The van der Waals surface area contributed by atoms with Gasteiger partial charge in [-0.1, -0.05) is 18.2 Å². The molecule has 1 N–H and O–H groups in total. The molecule has 0 saturated heterocycles. The molecule has 0 radical (unpaired) electrons. The van der Waals surface area contributed by atoms with Gasteiger partial charge in [-0.2, -0.15) is 5.10 Å². The highest BCUT2D eigenvalue weighted by atomic mass is 32.1. The smallest absolute Gasteiger partial charge is 0.311 e. The molecule has 0 saturated carbocycles. The predicted octanol–water partition coefficient (Wildman–Crippen LogP) is 3.45. The van der Waals surface area contributed by atoms with Crippen molar-refractivity contribution < 1.29 is 14.3 Å². The molecule has 4 rings (SSSR count). The number of pyridine rings is 1. The minimum absolute atomic E-state index is 0.0730. The van der Waals surface area contributed by atoms with Crippen LogP contribution in [0.3, 0.4) is 0 Å². The molecular formula is C21H19N5O3S. The molecule has 152 valence electrons. The third kappa shape index (κ3) is 4.20. The zero-order valence-corrected chi connectivity index (χ0v) is 17.3. The van der Waals surface area contributed by atoms with E-state index >= 15 is 0 Å². The summed E-state index contributed by atoms with van der Waals surface area (Å²) in [5, 5.41) is 9.91. The number of ether oxygens (including phenoxy) is 1. The van der Waals surface area contributed by atoms with E-state index in [9.17, 15) is 9.59 Å². The molecule has 9 heteroatoms. The number of fused-ring (bicyclic) bond motifs is 1. The summed E-state index contributed by atoms with van der Waals surface area (Å²) in [6.45, 7) is 2.07. The Hall–Kier alpha value is -3.59. The lowest BCUT2D eigenvalue weighted by molar-refractivity contribution is -0.142. The normalized spacial score (nSPS) is 10.9. The number of amides is 1. The second kappa shape index (κ2) is 8.42. The predicted molar refractivity (Wildman–Crippen MR) is 114 cm³/mol. The number of hydrogen-bond acceptors (Lipinski definition) is 7. The van der Waals surface area contributed by atoms with Gasteiger partial charge in [-0.25, -0.2) is 9.97 Å². The van der Waals surface area contributed by atoms with Crippen LogP contribution in [0.15, 0.2) is 48.1 Å². The third-order valence-electron chi connectivity index (χ3n) is 4.36. The fourth-order valence-corrected chi connectivity index (χ4v) is 3.74. The van der Waals surface area contributed by atoms with Crippen molar-refractivity contribution in [2.75, 3.05) is 11.9 Å². The first-order valence-corrected chi connectivity index (χ1v) is 10.2. The van der Waals surface area contributed by atoms with Gasteiger partial charge < -0.3 is 4.74 Å². The van der Waals surface area contributed by atoms with E-state index in [0.717, 1.165) is 10.9 Å². The van der Waals surface area contributed by atoms with Crippen LogP contribution >= 0.6 is 11.3 Å². The highest BCUT2D eigenvalue weighted by Crippen LogP contribution is 2.26. The summed E-state index contributed by atoms with van der Waals surface area (Å²) in [6, 6.07) is 9.23. The zero-order chi connectivity index (χ0) is 21.1. The van der Waals surface area contributed by atoms with Crippen LogP contribution < -0.4 is 5.32 Å². The first kappa shape index (κ1) is 19.7. The number of carbonyl (C=O) groups excluding carboxylic acids is 2. The summed E-state index contributed by atoms with van der Waals surface area (Å²) in [6.07, 6.45) is 3.63. The Morgan fingerprint density at radius 1 is 1.23 bits per heavy atom. The summed E-state index contributed by atoms with van der Waals surface area (Å²) in [4.78, 5) is 33.7. The number of esters is 1. The number of para-hydroxylation sites is 1. The largest absolute Gasteiger partial charge is 0.466 e. The molecule has 0 spiro atoms. The van der Waals surface area contributed by atoms with E-state index in [0.29, 0.717) is 34.2 Å². The van der Waals surface area contributed by atoms with Crippen LogP contribution in [0, 0.1) is 0 Å². The monoisotopic (exact) mass is 421 g/mol. The van der Waals surface area contributed by atoms with E-state index in [1.165, 1.54) is 11.3 Å². The number of nitrogens with one attached hydrogen (secondary N) is 1. The molecule has 0 aliphatic rings. The van der Waals surface area contributed by atoms with Gasteiger partial charge in [0.2, 0.25) is 0 Å². The Morgan fingerprint density at radius 2 is 2.07 bits per heavy atom. The van der Waals surface area contributed by atoms with E-state index in [4.69, 9.17) is 4.74 Å². The van der Waals surface area contributed by atoms with Gasteiger partial charge in [0.15, 0.2) is 5.13 Å². The number of aryl methyl sites for hydroxylation is 1. The number of hydrogen-bond donors (Lipinski definition) is 1. The van der Waals surface area contributed by atoms with Gasteiger partial charge in [0.1, 0.15) is 0 Å². The maximum atomic E-state index is 13.1. The van der Waals surface area contributed by atoms with Crippen LogP contribution in [-0.4, -0.2) is 38.2 Å². The van der Waals surface area contributed by atoms with E-state index in [1.807, 2.05) is 37.5 Å². The quantitative estimate of drug-likeness (QED) is 0.479. The average Bonchev–Trinajstić information content (AvgIpc) is 3.36. The number of rotatable bonds is 6. The minimum Gasteiger partial charge on any atom is -0.466 e. The lowest BCUT2D eigenvalue weighted by atomic mass is 10.1. The van der Waals surface area contributed by atoms with Crippen LogP contribution in [-0.2, 0) is 23.0 Å². The van der Waals surface area contributed by atoms with Gasteiger partial charge in [0.25, 0.3) is 5.91 Å². The van der Waals surface area contributed by atoms with Crippen LogP contribution in [0.1, 0.15) is 23.0 Å². The second-order valence-corrected chi connectivity index (χ2v) is 7.41. The van der Waals surface area contributed by atoms with Crippen molar-refractivity contribution in [3.05, 3.63) is 59.4 Å². The molecular weight excluding hydrogens is 402 g/mol. The van der Waals surface area contributed by atoms with Gasteiger partial charge >= 0.3 is 5.97 Å². The Bertz CT molecular complexity index is 1230. The Kier molecular flexibility index (Phi) is 5.53. The summed E-state index contributed by atoms with van der Waals surface area (Å²) in [7, 11) is 1.83. The maximum absolute atomic E-state index is 13.1. The maximum Gasteiger partial charge on any atom is 0.311 e. The van der Waals surface area contributed by atoms with Crippen molar-refractivity contribution >= 4 is 39.2 Å². The van der Waals surface area contributed by atoms with Gasteiger partial charge in [-0.15, -0.1) is 11.3 Å². The van der Waals surface area contributed by atoms with Crippen molar-refractivity contribution in [3.63, 3.8) is 0 Å². The van der Waals surface area contributed by atoms with E-state index in [2.05, 4.69) is 20.4 Å². The summed E-state index contributed by atoms with van der Waals surface area (Å²) in [5.41, 5.74) is 3.24. The van der Waals surface area contributed by atoms with Crippen molar-refractivity contribution in [2.24, 2.45) is 7.05 Å². The molecule has 1 aromatic carbocycles. The molecule has 3 heterocycles. The fourth-order valence-electron chi connectivity index (χ4n) is 3.03. The van der Waals surface area contributed by atoms with Crippen molar-refractivity contribution in [2.45, 2.75) is 13.3 Å². The number of anilines is 1. The Balaban J connectivity index is 1.63. The van der Waals surface area contributed by atoms with Gasteiger partial charge in [-0.3, -0.25) is 19.6 Å². The van der Waals surface area contributed by atoms with Crippen molar-refractivity contribution in [3.8, 4) is 11.3 Å². The van der Waals surface area contributed by atoms with Crippen LogP contribution in [0.2, 0.25) is 0 Å². The van der Waals surface area contributed by atoms with Crippen LogP contribution in [0.4, 0.5) is 5.13 Å². The SMILES string of the molecule is CCOC(=O)Cc1csc(NC(=O)c2cc(-c3cnn(C)c3)nc3ccccc23)n1. The third-order valence-corrected chi connectivity index (χ3v) is 5.17.